The summed E-state index contributed by atoms with van der Waals surface area (Å²) in [7, 11) is 0. The van der Waals surface area contributed by atoms with Crippen molar-refractivity contribution >= 4 is 5.95 Å². The molecule has 1 aliphatic rings. The van der Waals surface area contributed by atoms with E-state index in [9.17, 15) is 4.48 Å². The Balaban J connectivity index is 2.03. The highest BCUT2D eigenvalue weighted by molar-refractivity contribution is 5.28. The summed E-state index contributed by atoms with van der Waals surface area (Å²) in [4.78, 5) is 10.2. The van der Waals surface area contributed by atoms with Crippen molar-refractivity contribution in [1.82, 2.24) is 15.1 Å². The number of anilines is 1. The Labute approximate surface area is 75.9 Å². The topological polar surface area (TPSA) is 32.3 Å². The maximum Gasteiger partial charge on any atom is 0.225 e. The van der Waals surface area contributed by atoms with Crippen LogP contribution in [0.25, 0.3) is 0 Å². The lowest BCUT2D eigenvalue weighted by Crippen LogP contribution is -2.43. The van der Waals surface area contributed by atoms with Crippen molar-refractivity contribution in [1.29, 1.82) is 0 Å². The number of aromatic nitrogens is 2. The molecule has 0 aliphatic carbocycles. The minimum absolute atomic E-state index is 0.429. The molecular formula is C8H11FN4. The molecule has 4 nitrogen and oxygen atoms in total. The summed E-state index contributed by atoms with van der Waals surface area (Å²) in [5.41, 5.74) is 0. The van der Waals surface area contributed by atoms with Crippen LogP contribution in [-0.4, -0.2) is 41.3 Å². The molecule has 70 valence electrons. The highest BCUT2D eigenvalue weighted by Crippen LogP contribution is 2.08. The molecule has 0 amide bonds. The van der Waals surface area contributed by atoms with Crippen LogP contribution in [0.2, 0.25) is 0 Å². The van der Waals surface area contributed by atoms with E-state index in [4.69, 9.17) is 0 Å². The van der Waals surface area contributed by atoms with Crippen LogP contribution in [0.5, 0.6) is 0 Å². The third kappa shape index (κ3) is 1.92. The SMILES string of the molecule is FN1CCN(c2ncccn2)CC1. The second kappa shape index (κ2) is 3.66. The van der Waals surface area contributed by atoms with Crippen LogP contribution in [0, 0.1) is 0 Å². The molecule has 1 saturated heterocycles. The van der Waals surface area contributed by atoms with Crippen molar-refractivity contribution in [3.63, 3.8) is 0 Å². The molecule has 0 atom stereocenters. The average molecular weight is 182 g/mol. The predicted octanol–water partition coefficient (Wildman–Crippen LogP) is 0.483. The molecule has 2 heterocycles. The number of rotatable bonds is 1. The van der Waals surface area contributed by atoms with E-state index in [1.54, 1.807) is 18.5 Å². The maximum absolute atomic E-state index is 12.6. The van der Waals surface area contributed by atoms with Crippen LogP contribution in [0.4, 0.5) is 10.4 Å². The van der Waals surface area contributed by atoms with Gasteiger partial charge in [0, 0.05) is 38.6 Å². The largest absolute Gasteiger partial charge is 0.338 e. The Morgan fingerprint density at radius 3 is 2.31 bits per heavy atom. The lowest BCUT2D eigenvalue weighted by Gasteiger charge is -2.29. The van der Waals surface area contributed by atoms with Crippen LogP contribution in [0.3, 0.4) is 0 Å². The Bertz CT molecular complexity index is 258. The molecule has 1 fully saturated rings. The molecule has 0 saturated carbocycles. The molecule has 1 aliphatic heterocycles. The molecular weight excluding hydrogens is 171 g/mol. The van der Waals surface area contributed by atoms with E-state index >= 15 is 0 Å². The zero-order valence-corrected chi connectivity index (χ0v) is 7.23. The van der Waals surface area contributed by atoms with Gasteiger partial charge in [0.25, 0.3) is 0 Å². The van der Waals surface area contributed by atoms with Gasteiger partial charge in [0.2, 0.25) is 5.95 Å². The van der Waals surface area contributed by atoms with Crippen molar-refractivity contribution in [2.24, 2.45) is 0 Å². The lowest BCUT2D eigenvalue weighted by atomic mass is 10.4. The van der Waals surface area contributed by atoms with Gasteiger partial charge < -0.3 is 4.90 Å². The molecule has 0 aromatic carbocycles. The van der Waals surface area contributed by atoms with Gasteiger partial charge in [0.05, 0.1) is 0 Å². The number of hydrogen-bond acceptors (Lipinski definition) is 4. The maximum atomic E-state index is 12.6. The minimum atomic E-state index is 0.429. The van der Waals surface area contributed by atoms with E-state index in [2.05, 4.69) is 9.97 Å². The molecule has 1 aromatic heterocycles. The monoisotopic (exact) mass is 182 g/mol. The van der Waals surface area contributed by atoms with Crippen molar-refractivity contribution in [3.05, 3.63) is 18.5 Å². The van der Waals surface area contributed by atoms with Gasteiger partial charge in [-0.05, 0) is 6.07 Å². The van der Waals surface area contributed by atoms with E-state index in [0.29, 0.717) is 32.1 Å². The molecule has 0 unspecified atom stereocenters. The van der Waals surface area contributed by atoms with E-state index in [1.807, 2.05) is 4.90 Å². The molecule has 0 radical (unpaired) electrons. The molecule has 1 aromatic rings. The van der Waals surface area contributed by atoms with E-state index in [1.165, 1.54) is 0 Å². The first kappa shape index (κ1) is 8.37. The first-order valence-electron chi connectivity index (χ1n) is 4.29. The molecule has 2 rings (SSSR count). The fourth-order valence-electron chi connectivity index (χ4n) is 1.34. The minimum Gasteiger partial charge on any atom is -0.338 e. The van der Waals surface area contributed by atoms with Gasteiger partial charge in [-0.25, -0.2) is 9.97 Å². The number of piperazine rings is 1. The molecule has 13 heavy (non-hydrogen) atoms. The Morgan fingerprint density at radius 1 is 1.08 bits per heavy atom. The first-order valence-corrected chi connectivity index (χ1v) is 4.29. The second-order valence-electron chi connectivity index (χ2n) is 2.95. The molecule has 5 heteroatoms. The summed E-state index contributed by atoms with van der Waals surface area (Å²) in [5, 5.41) is 0.819. The average Bonchev–Trinajstić information content (AvgIpc) is 2.20. The van der Waals surface area contributed by atoms with Gasteiger partial charge >= 0.3 is 0 Å². The van der Waals surface area contributed by atoms with E-state index < -0.39 is 0 Å². The summed E-state index contributed by atoms with van der Waals surface area (Å²) in [6.45, 7) is 2.16. The second-order valence-corrected chi connectivity index (χ2v) is 2.95. The van der Waals surface area contributed by atoms with Crippen molar-refractivity contribution in [2.45, 2.75) is 0 Å². The van der Waals surface area contributed by atoms with Crippen molar-refractivity contribution in [3.8, 4) is 0 Å². The first-order chi connectivity index (χ1) is 6.36. The summed E-state index contributed by atoms with van der Waals surface area (Å²) in [5.74, 6) is 0.690. The van der Waals surface area contributed by atoms with E-state index in [0.717, 1.165) is 5.12 Å². The molecule has 0 spiro atoms. The fraction of sp³-hybridized carbons (Fsp3) is 0.500. The number of hydrogen-bond donors (Lipinski definition) is 0. The molecule has 0 bridgehead atoms. The fourth-order valence-corrected chi connectivity index (χ4v) is 1.34. The summed E-state index contributed by atoms with van der Waals surface area (Å²) >= 11 is 0. The smallest absolute Gasteiger partial charge is 0.225 e. The van der Waals surface area contributed by atoms with Crippen LogP contribution in [0.15, 0.2) is 18.5 Å². The van der Waals surface area contributed by atoms with Gasteiger partial charge in [-0.2, -0.15) is 0 Å². The van der Waals surface area contributed by atoms with Crippen molar-refractivity contribution < 1.29 is 4.48 Å². The van der Waals surface area contributed by atoms with Gasteiger partial charge in [-0.3, -0.25) is 0 Å². The van der Waals surface area contributed by atoms with Crippen LogP contribution >= 0.6 is 0 Å². The van der Waals surface area contributed by atoms with E-state index in [-0.39, 0.29) is 0 Å². The third-order valence-electron chi connectivity index (χ3n) is 2.06. The highest BCUT2D eigenvalue weighted by Gasteiger charge is 2.17. The molecule has 0 N–H and O–H groups in total. The standard InChI is InChI=1S/C8H11FN4/c9-13-6-4-12(5-7-13)8-10-2-1-3-11-8/h1-3H,4-7H2. The zero-order chi connectivity index (χ0) is 9.10. The highest BCUT2D eigenvalue weighted by atomic mass is 19.2. The third-order valence-corrected chi connectivity index (χ3v) is 2.06. The number of halogens is 1. The van der Waals surface area contributed by atoms with Crippen LogP contribution in [-0.2, 0) is 0 Å². The van der Waals surface area contributed by atoms with Crippen LogP contribution in [0.1, 0.15) is 0 Å². The summed E-state index contributed by atoms with van der Waals surface area (Å²) in [6.07, 6.45) is 3.40. The summed E-state index contributed by atoms with van der Waals surface area (Å²) < 4.78 is 12.6. The number of nitrogens with zero attached hydrogens (tertiary/aromatic N) is 4. The van der Waals surface area contributed by atoms with Crippen molar-refractivity contribution in [2.75, 3.05) is 31.1 Å². The Kier molecular flexibility index (Phi) is 2.35. The Hall–Kier alpha value is -1.23. The van der Waals surface area contributed by atoms with Gasteiger partial charge in [0.15, 0.2) is 0 Å². The normalized spacial score (nSPS) is 19.0. The Morgan fingerprint density at radius 2 is 1.69 bits per heavy atom. The lowest BCUT2D eigenvalue weighted by molar-refractivity contribution is 0.0198. The predicted molar refractivity (Wildman–Crippen MR) is 46.9 cm³/mol. The van der Waals surface area contributed by atoms with Gasteiger partial charge in [0.1, 0.15) is 0 Å². The summed E-state index contributed by atoms with van der Waals surface area (Å²) in [6, 6.07) is 1.77. The van der Waals surface area contributed by atoms with Gasteiger partial charge in [-0.1, -0.05) is 0 Å². The quantitative estimate of drug-likeness (QED) is 0.591. The van der Waals surface area contributed by atoms with Crippen LogP contribution < -0.4 is 4.90 Å². The van der Waals surface area contributed by atoms with Gasteiger partial charge in [-0.15, -0.1) is 9.60 Å². The zero-order valence-electron chi connectivity index (χ0n) is 7.23.